The molecule has 7 heteroatoms. The van der Waals surface area contributed by atoms with Crippen LogP contribution in [0.4, 0.5) is 5.82 Å². The van der Waals surface area contributed by atoms with Crippen molar-refractivity contribution in [2.75, 3.05) is 37.7 Å². The van der Waals surface area contributed by atoms with Gasteiger partial charge in [0, 0.05) is 56.8 Å². The lowest BCUT2D eigenvalue weighted by Crippen LogP contribution is -2.43. The number of aryl methyl sites for hydroxylation is 2. The highest BCUT2D eigenvalue weighted by Crippen LogP contribution is 2.55. The normalized spacial score (nSPS) is 34.6. The number of ether oxygens (including phenoxy) is 2. The Bertz CT molecular complexity index is 766. The van der Waals surface area contributed by atoms with Crippen molar-refractivity contribution in [3.8, 4) is 0 Å². The van der Waals surface area contributed by atoms with E-state index in [1.807, 2.05) is 20.0 Å². The zero-order valence-corrected chi connectivity index (χ0v) is 16.8. The highest BCUT2D eigenvalue weighted by molar-refractivity contribution is 5.78. The van der Waals surface area contributed by atoms with Gasteiger partial charge in [0.15, 0.2) is 0 Å². The quantitative estimate of drug-likeness (QED) is 0.847. The Morgan fingerprint density at radius 2 is 2.14 bits per heavy atom. The average molecular weight is 386 g/mol. The molecule has 4 fully saturated rings. The lowest BCUT2D eigenvalue weighted by Gasteiger charge is -2.30. The average Bonchev–Trinajstić information content (AvgIpc) is 3.37. The van der Waals surface area contributed by atoms with Crippen molar-refractivity contribution in [1.82, 2.24) is 15.3 Å². The SMILES string of the molecule is Cc1cnc(C)c(N2C[C@@H]3[C@H](CNC(=O)C4CCOCC4)[C@H]4CC[C@]3(C2)O4)n1. The van der Waals surface area contributed by atoms with Gasteiger partial charge in [0.05, 0.1) is 23.1 Å². The molecule has 4 aliphatic rings. The summed E-state index contributed by atoms with van der Waals surface area (Å²) in [5, 5.41) is 3.24. The predicted octanol–water partition coefficient (Wildman–Crippen LogP) is 1.62. The number of hydrogen-bond donors (Lipinski definition) is 1. The van der Waals surface area contributed by atoms with Crippen LogP contribution in [0.25, 0.3) is 0 Å². The molecule has 1 aromatic heterocycles. The Morgan fingerprint density at radius 1 is 1.32 bits per heavy atom. The summed E-state index contributed by atoms with van der Waals surface area (Å²) < 4.78 is 11.9. The molecule has 4 aliphatic heterocycles. The molecule has 152 valence electrons. The van der Waals surface area contributed by atoms with Crippen LogP contribution in [0.2, 0.25) is 0 Å². The maximum atomic E-state index is 12.6. The first-order chi connectivity index (χ1) is 13.6. The van der Waals surface area contributed by atoms with Gasteiger partial charge in [-0.3, -0.25) is 9.78 Å². The van der Waals surface area contributed by atoms with Gasteiger partial charge in [-0.15, -0.1) is 0 Å². The number of rotatable bonds is 4. The number of carbonyl (C=O) groups excluding carboxylic acids is 1. The molecule has 0 radical (unpaired) electrons. The molecule has 5 rings (SSSR count). The van der Waals surface area contributed by atoms with Crippen LogP contribution in [-0.2, 0) is 14.3 Å². The number of carbonyl (C=O) groups is 1. The number of fused-ring (bicyclic) bond motifs is 1. The lowest BCUT2D eigenvalue weighted by molar-refractivity contribution is -0.128. The van der Waals surface area contributed by atoms with E-state index in [1.165, 1.54) is 0 Å². The van der Waals surface area contributed by atoms with Crippen molar-refractivity contribution in [2.24, 2.45) is 17.8 Å². The molecule has 0 aromatic carbocycles. The molecular formula is C21H30N4O3. The van der Waals surface area contributed by atoms with Crippen molar-refractivity contribution in [2.45, 2.75) is 51.2 Å². The van der Waals surface area contributed by atoms with Crippen molar-refractivity contribution in [3.63, 3.8) is 0 Å². The summed E-state index contributed by atoms with van der Waals surface area (Å²) >= 11 is 0. The summed E-state index contributed by atoms with van der Waals surface area (Å²) in [7, 11) is 0. The Labute approximate surface area is 166 Å². The first-order valence-corrected chi connectivity index (χ1v) is 10.6. The van der Waals surface area contributed by atoms with Crippen molar-refractivity contribution >= 4 is 11.7 Å². The van der Waals surface area contributed by atoms with E-state index in [9.17, 15) is 4.79 Å². The minimum absolute atomic E-state index is 0.0728. The zero-order chi connectivity index (χ0) is 19.3. The van der Waals surface area contributed by atoms with E-state index in [1.54, 1.807) is 0 Å². The van der Waals surface area contributed by atoms with Gasteiger partial charge in [0.2, 0.25) is 5.91 Å². The molecule has 2 bridgehead atoms. The standard InChI is InChI=1S/C21H30N4O3/c1-13-9-22-14(2)19(24-13)25-11-17-16(18-3-6-21(17,12-25)28-18)10-23-20(26)15-4-7-27-8-5-15/h9,15-18H,3-8,10-12H2,1-2H3,(H,23,26)/t16-,17+,18+,21+/m0/s1. The van der Waals surface area contributed by atoms with Gasteiger partial charge in [-0.1, -0.05) is 0 Å². The maximum absolute atomic E-state index is 12.6. The van der Waals surface area contributed by atoms with Crippen LogP contribution in [0.1, 0.15) is 37.1 Å². The number of nitrogens with one attached hydrogen (secondary N) is 1. The molecule has 1 N–H and O–H groups in total. The van der Waals surface area contributed by atoms with Gasteiger partial charge >= 0.3 is 0 Å². The van der Waals surface area contributed by atoms with Crippen LogP contribution < -0.4 is 10.2 Å². The molecule has 0 unspecified atom stereocenters. The molecule has 4 saturated heterocycles. The minimum atomic E-state index is -0.0728. The summed E-state index contributed by atoms with van der Waals surface area (Å²) in [5.74, 6) is 2.12. The van der Waals surface area contributed by atoms with Crippen molar-refractivity contribution in [1.29, 1.82) is 0 Å². The summed E-state index contributed by atoms with van der Waals surface area (Å²) in [6.45, 7) is 7.96. The Balaban J connectivity index is 1.28. The number of nitrogens with zero attached hydrogens (tertiary/aromatic N) is 3. The molecule has 5 heterocycles. The summed E-state index contributed by atoms with van der Waals surface area (Å²) in [4.78, 5) is 24.2. The van der Waals surface area contributed by atoms with Gasteiger partial charge < -0.3 is 19.7 Å². The van der Waals surface area contributed by atoms with Crippen LogP contribution in [0.15, 0.2) is 6.20 Å². The van der Waals surface area contributed by atoms with Crippen LogP contribution >= 0.6 is 0 Å². The molecule has 0 saturated carbocycles. The third-order valence-corrected chi connectivity index (χ3v) is 7.24. The van der Waals surface area contributed by atoms with E-state index in [4.69, 9.17) is 14.5 Å². The van der Waals surface area contributed by atoms with Crippen molar-refractivity contribution < 1.29 is 14.3 Å². The minimum Gasteiger partial charge on any atom is -0.381 e. The molecule has 28 heavy (non-hydrogen) atoms. The molecule has 1 spiro atoms. The van der Waals surface area contributed by atoms with E-state index in [0.29, 0.717) is 25.0 Å². The highest BCUT2D eigenvalue weighted by atomic mass is 16.5. The van der Waals surface area contributed by atoms with E-state index in [2.05, 4.69) is 15.2 Å². The fourth-order valence-corrected chi connectivity index (χ4v) is 5.77. The van der Waals surface area contributed by atoms with E-state index >= 15 is 0 Å². The second-order valence-corrected chi connectivity index (χ2v) is 8.96. The molecule has 1 amide bonds. The number of aromatic nitrogens is 2. The second kappa shape index (κ2) is 6.95. The van der Waals surface area contributed by atoms with Gasteiger partial charge in [0.25, 0.3) is 0 Å². The Kier molecular flexibility index (Phi) is 4.55. The van der Waals surface area contributed by atoms with Crippen LogP contribution in [-0.4, -0.2) is 60.4 Å². The number of anilines is 1. The molecule has 7 nitrogen and oxygen atoms in total. The highest BCUT2D eigenvalue weighted by Gasteiger charge is 2.63. The molecule has 4 atom stereocenters. The first-order valence-electron chi connectivity index (χ1n) is 10.6. The molecular weight excluding hydrogens is 356 g/mol. The molecule has 0 aliphatic carbocycles. The van der Waals surface area contributed by atoms with Gasteiger partial charge in [-0.05, 0) is 39.5 Å². The van der Waals surface area contributed by atoms with Crippen LogP contribution in [0, 0.1) is 31.6 Å². The predicted molar refractivity (Wildman–Crippen MR) is 104 cm³/mol. The van der Waals surface area contributed by atoms with Crippen LogP contribution in [0.3, 0.4) is 0 Å². The van der Waals surface area contributed by atoms with E-state index in [-0.39, 0.29) is 23.5 Å². The van der Waals surface area contributed by atoms with Crippen LogP contribution in [0.5, 0.6) is 0 Å². The fourth-order valence-electron chi connectivity index (χ4n) is 5.77. The third kappa shape index (κ3) is 2.99. The van der Waals surface area contributed by atoms with Gasteiger partial charge in [-0.25, -0.2) is 4.98 Å². The third-order valence-electron chi connectivity index (χ3n) is 7.24. The topological polar surface area (TPSA) is 76.6 Å². The Hall–Kier alpha value is -1.73. The van der Waals surface area contributed by atoms with Crippen molar-refractivity contribution in [3.05, 3.63) is 17.6 Å². The summed E-state index contributed by atoms with van der Waals surface area (Å²) in [6, 6.07) is 0. The van der Waals surface area contributed by atoms with E-state index in [0.717, 1.165) is 62.5 Å². The summed E-state index contributed by atoms with van der Waals surface area (Å²) in [6.07, 6.45) is 5.99. The van der Waals surface area contributed by atoms with Gasteiger partial charge in [0.1, 0.15) is 5.82 Å². The molecule has 1 aromatic rings. The lowest BCUT2D eigenvalue weighted by atomic mass is 9.73. The first kappa shape index (κ1) is 18.3. The zero-order valence-electron chi connectivity index (χ0n) is 16.8. The largest absolute Gasteiger partial charge is 0.381 e. The number of amides is 1. The maximum Gasteiger partial charge on any atom is 0.223 e. The number of hydrogen-bond acceptors (Lipinski definition) is 6. The fraction of sp³-hybridized carbons (Fsp3) is 0.762. The monoisotopic (exact) mass is 386 g/mol. The summed E-state index contributed by atoms with van der Waals surface area (Å²) in [5.41, 5.74) is 1.85. The smallest absolute Gasteiger partial charge is 0.223 e. The second-order valence-electron chi connectivity index (χ2n) is 8.96. The van der Waals surface area contributed by atoms with Gasteiger partial charge in [-0.2, -0.15) is 0 Å². The Morgan fingerprint density at radius 3 is 2.96 bits per heavy atom. The van der Waals surface area contributed by atoms with E-state index < -0.39 is 0 Å².